The Labute approximate surface area is 71.1 Å². The Bertz CT molecular complexity index is 6.85. The van der Waals surface area contributed by atoms with Gasteiger partial charge in [-0.25, -0.2) is 0 Å². The van der Waals surface area contributed by atoms with Gasteiger partial charge >= 0.3 is 72.8 Å². The predicted octanol–water partition coefficient (Wildman–Crippen LogP) is -1.82. The molecule has 0 bridgehead atoms. The van der Waals surface area contributed by atoms with Gasteiger partial charge in [0.05, 0.1) is 0 Å². The fourth-order valence-electron chi connectivity index (χ4n) is 0. The van der Waals surface area contributed by atoms with E-state index < -0.39 is 0 Å². The Morgan fingerprint density at radius 1 is 1.40 bits per heavy atom. The van der Waals surface area contributed by atoms with E-state index >= 15 is 0 Å². The molecule has 0 atom stereocenters. The summed E-state index contributed by atoms with van der Waals surface area (Å²) in [6, 6.07) is 0. The van der Waals surface area contributed by atoms with Crippen LogP contribution in [0.25, 0.3) is 0 Å². The van der Waals surface area contributed by atoms with Gasteiger partial charge in [0, 0.05) is 0 Å². The van der Waals surface area contributed by atoms with Gasteiger partial charge in [-0.2, -0.15) is 0 Å². The fourth-order valence-corrected chi connectivity index (χ4v) is 0. The van der Waals surface area contributed by atoms with Gasteiger partial charge in [0.2, 0.25) is 0 Å². The minimum absolute atomic E-state index is 0.530. The van der Waals surface area contributed by atoms with Gasteiger partial charge in [0.15, 0.2) is 0 Å². The van der Waals surface area contributed by atoms with Crippen LogP contribution in [0.2, 0.25) is 5.76 Å². The monoisotopic (exact) mass is 473 g/mol. The van der Waals surface area contributed by atoms with E-state index in [1.807, 2.05) is 0 Å². The van der Waals surface area contributed by atoms with Gasteiger partial charge in [-0.1, -0.05) is 0 Å². The topological polar surface area (TPSA) is 0 Å². The second-order valence-corrected chi connectivity index (χ2v) is 16.3. The Balaban J connectivity index is 0. The summed E-state index contributed by atoms with van der Waals surface area (Å²) in [4.78, 5) is 0. The van der Waals surface area contributed by atoms with Crippen molar-refractivity contribution >= 4 is 53.7 Å². The summed E-state index contributed by atoms with van der Waals surface area (Å²) in [5, 5.41) is 0. The summed E-state index contributed by atoms with van der Waals surface area (Å²) < 4.78 is 0. The third-order valence-corrected chi connectivity index (χ3v) is 0. The summed E-state index contributed by atoms with van der Waals surface area (Å²) in [6.45, 7) is 0. The van der Waals surface area contributed by atoms with Crippen LogP contribution >= 0.6 is 37.2 Å². The van der Waals surface area contributed by atoms with Crippen molar-refractivity contribution in [3.05, 3.63) is 0 Å². The van der Waals surface area contributed by atoms with Crippen molar-refractivity contribution in [2.45, 2.75) is 5.76 Å². The molecule has 0 saturated carbocycles. The first-order valence-electron chi connectivity index (χ1n) is 1.29. The molecule has 0 aromatic rings. The fraction of sp³-hybridized carbons (Fsp3) is 1.00. The molecule has 4 heteroatoms. The van der Waals surface area contributed by atoms with Crippen molar-refractivity contribution < 1.29 is 13.3 Å². The molecule has 0 amide bonds. The normalized spacial score (nSPS) is 6.20. The molecule has 0 unspecified atom stereocenters. The molecule has 0 aromatic heterocycles. The zero-order valence-corrected chi connectivity index (χ0v) is 13.8. The van der Waals surface area contributed by atoms with Crippen LogP contribution in [0.5, 0.6) is 0 Å². The molecule has 0 aliphatic carbocycles. The molecule has 0 aliphatic rings. The number of rotatable bonds is 0. The summed E-state index contributed by atoms with van der Waals surface area (Å²) in [5.74, 6) is 2.19. The first-order chi connectivity index (χ1) is 2.41. The first kappa shape index (κ1) is 10.7. The SMILES string of the molecule is I[I-]I.[CH3][GeH3]. The van der Waals surface area contributed by atoms with Gasteiger partial charge < -0.3 is 0 Å². The van der Waals surface area contributed by atoms with Crippen molar-refractivity contribution in [2.24, 2.45) is 0 Å². The molecule has 0 spiro atoms. The maximum atomic E-state index is 2.39. The van der Waals surface area contributed by atoms with E-state index in [2.05, 4.69) is 43.0 Å². The maximum absolute atomic E-state index is 2.39. The summed E-state index contributed by atoms with van der Waals surface area (Å²) in [5.41, 5.74) is 0. The molecule has 0 saturated heterocycles. The first-order valence-corrected chi connectivity index (χ1v) is 18.1. The molecule has 0 nitrogen and oxygen atoms in total. The van der Waals surface area contributed by atoms with Crippen LogP contribution in [0.15, 0.2) is 0 Å². The molecule has 5 heavy (non-hydrogen) atoms. The zero-order chi connectivity index (χ0) is 4.71. The van der Waals surface area contributed by atoms with Crippen LogP contribution < -0.4 is 13.3 Å². The Hall–Kier alpha value is 2.73. The molecule has 0 aromatic carbocycles. The van der Waals surface area contributed by atoms with Gasteiger partial charge in [-0.3, -0.25) is 0 Å². The van der Waals surface area contributed by atoms with E-state index in [9.17, 15) is 0 Å². The number of halogens is 3. The standard InChI is InChI=1S/CH6Ge.I3/c1-2;1-3-2/h1-2H3;/q;-1. The van der Waals surface area contributed by atoms with E-state index in [1.165, 1.54) is 0 Å². The molecule has 0 aliphatic heterocycles. The van der Waals surface area contributed by atoms with Crippen molar-refractivity contribution in [1.82, 2.24) is 0 Å². The van der Waals surface area contributed by atoms with Crippen LogP contribution in [-0.2, 0) is 0 Å². The van der Waals surface area contributed by atoms with Crippen molar-refractivity contribution in [3.63, 3.8) is 0 Å². The predicted molar refractivity (Wildman–Crippen MR) is 43.8 cm³/mol. The molecule has 36 valence electrons. The molecular weight excluding hydrogens is 465 g/mol. The second kappa shape index (κ2) is 15.9. The van der Waals surface area contributed by atoms with E-state index in [4.69, 9.17) is 0 Å². The van der Waals surface area contributed by atoms with E-state index in [-0.39, 0.29) is 0 Å². The third-order valence-electron chi connectivity index (χ3n) is 0. The van der Waals surface area contributed by atoms with Gasteiger partial charge in [0.25, 0.3) is 0 Å². The Morgan fingerprint density at radius 2 is 1.40 bits per heavy atom. The molecule has 0 rings (SSSR count). The summed E-state index contributed by atoms with van der Waals surface area (Å²) in [7, 11) is 0. The van der Waals surface area contributed by atoms with E-state index in [0.717, 1.165) is 16.5 Å². The Morgan fingerprint density at radius 3 is 1.40 bits per heavy atom. The molecule has 0 heterocycles. The van der Waals surface area contributed by atoms with E-state index in [0.29, 0.717) is 13.3 Å². The van der Waals surface area contributed by atoms with Crippen LogP contribution in [-0.4, -0.2) is 16.5 Å². The summed E-state index contributed by atoms with van der Waals surface area (Å²) in [6.07, 6.45) is 0. The van der Waals surface area contributed by atoms with E-state index in [1.54, 1.807) is 0 Å². The molecular formula is CH6GeI3-. The van der Waals surface area contributed by atoms with Crippen molar-refractivity contribution in [1.29, 1.82) is 0 Å². The van der Waals surface area contributed by atoms with Gasteiger partial charge in [-0.15, -0.1) is 0 Å². The number of hydrogen-bond donors (Lipinski definition) is 0. The van der Waals surface area contributed by atoms with Crippen LogP contribution in [0.3, 0.4) is 0 Å². The molecule has 0 fully saturated rings. The molecule has 0 N–H and O–H groups in total. The van der Waals surface area contributed by atoms with Crippen LogP contribution in [0, 0.1) is 0 Å². The van der Waals surface area contributed by atoms with Crippen LogP contribution in [0.1, 0.15) is 0 Å². The Kier molecular flexibility index (Phi) is 33.9. The van der Waals surface area contributed by atoms with Crippen molar-refractivity contribution in [3.8, 4) is 0 Å². The average molecular weight is 471 g/mol. The van der Waals surface area contributed by atoms with Crippen molar-refractivity contribution in [2.75, 3.05) is 0 Å². The quantitative estimate of drug-likeness (QED) is 0.289. The summed E-state index contributed by atoms with van der Waals surface area (Å²) >= 11 is 6.36. The molecule has 0 radical (unpaired) electrons. The third kappa shape index (κ3) is 20.2. The zero-order valence-electron chi connectivity index (χ0n) is 3.13. The van der Waals surface area contributed by atoms with Gasteiger partial charge in [0.1, 0.15) is 0 Å². The van der Waals surface area contributed by atoms with Crippen LogP contribution in [0.4, 0.5) is 0 Å². The number of hydrogen-bond acceptors (Lipinski definition) is 0. The van der Waals surface area contributed by atoms with Gasteiger partial charge in [-0.05, 0) is 0 Å². The average Bonchev–Trinajstić information content (AvgIpc) is 1.46. The minimum atomic E-state index is 0.530. The second-order valence-electron chi connectivity index (χ2n) is 0.0540.